The van der Waals surface area contributed by atoms with Crippen molar-refractivity contribution in [2.45, 2.75) is 23.9 Å². The summed E-state index contributed by atoms with van der Waals surface area (Å²) in [6.45, 7) is 1.68. The Labute approximate surface area is 193 Å². The van der Waals surface area contributed by atoms with E-state index in [4.69, 9.17) is 11.6 Å². The van der Waals surface area contributed by atoms with Gasteiger partial charge in [-0.3, -0.25) is 9.62 Å². The molecule has 170 valence electrons. The van der Waals surface area contributed by atoms with Gasteiger partial charge in [0.05, 0.1) is 15.6 Å². The van der Waals surface area contributed by atoms with E-state index >= 15 is 0 Å². The summed E-state index contributed by atoms with van der Waals surface area (Å²) in [7, 11) is -1.96. The monoisotopic (exact) mass is 499 g/mol. The van der Waals surface area contributed by atoms with Crippen LogP contribution in [0.1, 0.15) is 12.0 Å². The maximum absolute atomic E-state index is 14.0. The van der Waals surface area contributed by atoms with Gasteiger partial charge in [0.2, 0.25) is 5.13 Å². The van der Waals surface area contributed by atoms with Crippen LogP contribution >= 0.6 is 23.1 Å². The number of nitrogens with zero attached hydrogens (tertiary/aromatic N) is 4. The quantitative estimate of drug-likeness (QED) is 0.530. The first-order chi connectivity index (χ1) is 15.2. The minimum Gasteiger partial charge on any atom is -0.369 e. The number of rotatable bonds is 7. The third kappa shape index (κ3) is 5.01. The SMILES string of the molecule is CN(c1ccc(S(=O)(=O)Nc2ncns2)cc1Cl)C1CCN(Cc2cc(F)ccc2F)C1. The largest absolute Gasteiger partial charge is 0.369 e. The van der Waals surface area contributed by atoms with Crippen molar-refractivity contribution in [1.82, 2.24) is 14.3 Å². The molecule has 1 aliphatic heterocycles. The molecule has 1 aliphatic rings. The molecule has 1 unspecified atom stereocenters. The molecule has 0 aliphatic carbocycles. The number of hydrogen-bond acceptors (Lipinski definition) is 7. The molecule has 12 heteroatoms. The van der Waals surface area contributed by atoms with Crippen LogP contribution in [0.5, 0.6) is 0 Å². The molecule has 0 spiro atoms. The van der Waals surface area contributed by atoms with E-state index in [-0.39, 0.29) is 16.1 Å². The molecule has 0 saturated carbocycles. The number of halogens is 3. The van der Waals surface area contributed by atoms with Crippen LogP contribution in [-0.2, 0) is 16.6 Å². The Kier molecular flexibility index (Phi) is 6.61. The topological polar surface area (TPSA) is 78.4 Å². The number of nitrogens with one attached hydrogen (secondary N) is 1. The van der Waals surface area contributed by atoms with Gasteiger partial charge < -0.3 is 4.90 Å². The highest BCUT2D eigenvalue weighted by Gasteiger charge is 2.28. The zero-order valence-electron chi connectivity index (χ0n) is 17.0. The fourth-order valence-electron chi connectivity index (χ4n) is 3.71. The van der Waals surface area contributed by atoms with Crippen molar-refractivity contribution < 1.29 is 17.2 Å². The van der Waals surface area contributed by atoms with E-state index in [1.165, 1.54) is 24.5 Å². The van der Waals surface area contributed by atoms with Crippen molar-refractivity contribution in [3.05, 3.63) is 64.9 Å². The molecule has 0 amide bonds. The van der Waals surface area contributed by atoms with Crippen molar-refractivity contribution in [3.8, 4) is 0 Å². The lowest BCUT2D eigenvalue weighted by Crippen LogP contribution is -2.34. The van der Waals surface area contributed by atoms with Gasteiger partial charge in [-0.15, -0.1) is 0 Å². The molecule has 1 N–H and O–H groups in total. The van der Waals surface area contributed by atoms with Gasteiger partial charge >= 0.3 is 0 Å². The number of likely N-dealkylation sites (tertiary alicyclic amines) is 1. The second-order valence-electron chi connectivity index (χ2n) is 7.49. The summed E-state index contributed by atoms with van der Waals surface area (Å²) >= 11 is 7.37. The van der Waals surface area contributed by atoms with Gasteiger partial charge in [-0.2, -0.15) is 4.37 Å². The van der Waals surface area contributed by atoms with E-state index in [9.17, 15) is 17.2 Å². The molecule has 32 heavy (non-hydrogen) atoms. The number of anilines is 2. The number of likely N-dealkylation sites (N-methyl/N-ethyl adjacent to an activating group) is 1. The van der Waals surface area contributed by atoms with E-state index in [2.05, 4.69) is 19.0 Å². The van der Waals surface area contributed by atoms with Crippen molar-refractivity contribution >= 4 is 44.0 Å². The molecule has 0 radical (unpaired) electrons. The van der Waals surface area contributed by atoms with Crippen LogP contribution in [0.3, 0.4) is 0 Å². The molecule has 2 heterocycles. The molecule has 7 nitrogen and oxygen atoms in total. The van der Waals surface area contributed by atoms with Crippen molar-refractivity contribution in [2.75, 3.05) is 29.8 Å². The standard InChI is InChI=1S/C20H20ClF2N5O2S2/c1-27(15-6-7-28(11-15)10-13-8-14(22)2-4-18(13)23)19-5-3-16(9-17(19)21)32(29,30)26-20-24-12-25-31-20/h2-5,8-9,12,15H,6-7,10-11H2,1H3,(H,24,25,26). The van der Waals surface area contributed by atoms with E-state index in [0.717, 1.165) is 36.6 Å². The maximum atomic E-state index is 14.0. The van der Waals surface area contributed by atoms with E-state index < -0.39 is 21.7 Å². The van der Waals surface area contributed by atoms with Crippen molar-refractivity contribution in [1.29, 1.82) is 0 Å². The van der Waals surface area contributed by atoms with Crippen LogP contribution in [0.2, 0.25) is 5.02 Å². The summed E-state index contributed by atoms with van der Waals surface area (Å²) in [5.74, 6) is -0.887. The molecule has 1 fully saturated rings. The van der Waals surface area contributed by atoms with Crippen molar-refractivity contribution in [2.24, 2.45) is 0 Å². The van der Waals surface area contributed by atoms with Crippen LogP contribution in [0.4, 0.5) is 19.6 Å². The molecule has 1 saturated heterocycles. The Balaban J connectivity index is 1.44. The van der Waals surface area contributed by atoms with Gasteiger partial charge in [0.15, 0.2) is 0 Å². The van der Waals surface area contributed by atoms with Crippen LogP contribution in [-0.4, -0.2) is 48.9 Å². The summed E-state index contributed by atoms with van der Waals surface area (Å²) in [5, 5.41) is 0.463. The van der Waals surface area contributed by atoms with Gasteiger partial charge in [-0.25, -0.2) is 22.2 Å². The molecule has 1 aromatic heterocycles. The fourth-order valence-corrected chi connectivity index (χ4v) is 5.77. The first-order valence-corrected chi connectivity index (χ1v) is 12.3. The Morgan fingerprint density at radius 2 is 2.09 bits per heavy atom. The van der Waals surface area contributed by atoms with Crippen LogP contribution in [0, 0.1) is 11.6 Å². The Bertz CT molecular complexity index is 1210. The second-order valence-corrected chi connectivity index (χ2v) is 10.4. The average molecular weight is 500 g/mol. The second kappa shape index (κ2) is 9.26. The van der Waals surface area contributed by atoms with Crippen molar-refractivity contribution in [3.63, 3.8) is 0 Å². The molecule has 1 atom stereocenters. The molecule has 0 bridgehead atoms. The number of hydrogen-bond donors (Lipinski definition) is 1. The highest BCUT2D eigenvalue weighted by atomic mass is 35.5. The summed E-state index contributed by atoms with van der Waals surface area (Å²) in [5.41, 5.74) is 1.01. The summed E-state index contributed by atoms with van der Waals surface area (Å²) in [4.78, 5) is 7.88. The smallest absolute Gasteiger partial charge is 0.263 e. The first kappa shape index (κ1) is 22.8. The van der Waals surface area contributed by atoms with Gasteiger partial charge in [0, 0.05) is 49.8 Å². The minimum absolute atomic E-state index is 0.0180. The van der Waals surface area contributed by atoms with E-state index in [1.54, 1.807) is 6.07 Å². The third-order valence-corrected chi connectivity index (χ3v) is 7.74. The molecular formula is C20H20ClF2N5O2S2. The minimum atomic E-state index is -3.84. The van der Waals surface area contributed by atoms with Gasteiger partial charge in [0.1, 0.15) is 18.0 Å². The fraction of sp³-hybridized carbons (Fsp3) is 0.300. The third-order valence-electron chi connectivity index (χ3n) is 5.39. The Hall–Kier alpha value is -2.34. The molecular weight excluding hydrogens is 480 g/mol. The average Bonchev–Trinajstić information content (AvgIpc) is 3.42. The summed E-state index contributed by atoms with van der Waals surface area (Å²) in [6, 6.07) is 8.09. The molecule has 4 rings (SSSR count). The predicted molar refractivity (Wildman–Crippen MR) is 121 cm³/mol. The normalized spacial score (nSPS) is 16.9. The number of benzene rings is 2. The van der Waals surface area contributed by atoms with Gasteiger partial charge in [0.25, 0.3) is 10.0 Å². The predicted octanol–water partition coefficient (Wildman–Crippen LogP) is 3.98. The van der Waals surface area contributed by atoms with Crippen LogP contribution in [0.25, 0.3) is 0 Å². The first-order valence-electron chi connectivity index (χ1n) is 9.71. The zero-order chi connectivity index (χ0) is 22.9. The lowest BCUT2D eigenvalue weighted by Gasteiger charge is -2.28. The molecule has 3 aromatic rings. The summed E-state index contributed by atoms with van der Waals surface area (Å²) in [6.07, 6.45) is 2.07. The maximum Gasteiger partial charge on any atom is 0.263 e. The summed E-state index contributed by atoms with van der Waals surface area (Å²) < 4.78 is 58.6. The van der Waals surface area contributed by atoms with Crippen LogP contribution < -0.4 is 9.62 Å². The Morgan fingerprint density at radius 1 is 1.28 bits per heavy atom. The Morgan fingerprint density at radius 3 is 2.81 bits per heavy atom. The lowest BCUT2D eigenvalue weighted by atomic mass is 10.2. The highest BCUT2D eigenvalue weighted by molar-refractivity contribution is 7.93. The number of sulfonamides is 1. The van der Waals surface area contributed by atoms with Gasteiger partial charge in [-0.05, 0) is 42.8 Å². The zero-order valence-corrected chi connectivity index (χ0v) is 19.4. The lowest BCUT2D eigenvalue weighted by molar-refractivity contribution is 0.319. The van der Waals surface area contributed by atoms with Gasteiger partial charge in [-0.1, -0.05) is 11.6 Å². The number of aromatic nitrogens is 2. The highest BCUT2D eigenvalue weighted by Crippen LogP contribution is 2.32. The van der Waals surface area contributed by atoms with Crippen LogP contribution in [0.15, 0.2) is 47.6 Å². The van der Waals surface area contributed by atoms with E-state index in [1.807, 2.05) is 11.9 Å². The van der Waals surface area contributed by atoms with E-state index in [0.29, 0.717) is 29.4 Å². The molecule has 2 aromatic carbocycles.